The largest absolute Gasteiger partial charge is 0.118 e. The van der Waals surface area contributed by atoms with E-state index in [2.05, 4.69) is 48.5 Å². The summed E-state index contributed by atoms with van der Waals surface area (Å²) in [6.07, 6.45) is 2.27. The minimum Gasteiger partial charge on any atom is -0.118 e. The van der Waals surface area contributed by atoms with Crippen molar-refractivity contribution in [2.75, 3.05) is 0 Å². The zero-order valence-electron chi connectivity index (χ0n) is 12.9. The molecule has 1 heteroatoms. The van der Waals surface area contributed by atoms with Gasteiger partial charge in [0.2, 0.25) is 0 Å². The van der Waals surface area contributed by atoms with Gasteiger partial charge in [0.15, 0.2) is 0 Å². The van der Waals surface area contributed by atoms with E-state index in [0.29, 0.717) is 5.92 Å². The maximum atomic E-state index is 6.69. The minimum absolute atomic E-state index is 0.151. The van der Waals surface area contributed by atoms with Crippen LogP contribution in [-0.4, -0.2) is 0 Å². The molecule has 1 aromatic carbocycles. The molecule has 0 saturated carbocycles. The molecule has 2 unspecified atom stereocenters. The SMILES string of the molecule is CCC(C)CC(Cl)c1c(C)c(C)c(C)c(C)c1C. The first kappa shape index (κ1) is 15.6. The van der Waals surface area contributed by atoms with Crippen LogP contribution in [0.1, 0.15) is 65.4 Å². The topological polar surface area (TPSA) is 0 Å². The van der Waals surface area contributed by atoms with E-state index in [1.54, 1.807) is 0 Å². The second kappa shape index (κ2) is 6.10. The fourth-order valence-corrected chi connectivity index (χ4v) is 3.27. The molecule has 1 aromatic rings. The third-order valence-corrected chi connectivity index (χ3v) is 5.07. The summed E-state index contributed by atoms with van der Waals surface area (Å²) >= 11 is 6.69. The molecule has 0 N–H and O–H groups in total. The van der Waals surface area contributed by atoms with Crippen molar-refractivity contribution in [1.29, 1.82) is 0 Å². The van der Waals surface area contributed by atoms with E-state index < -0.39 is 0 Å². The first-order chi connectivity index (χ1) is 8.31. The molecule has 0 saturated heterocycles. The molecule has 0 heterocycles. The van der Waals surface area contributed by atoms with Crippen LogP contribution in [0.4, 0.5) is 0 Å². The molecule has 18 heavy (non-hydrogen) atoms. The quantitative estimate of drug-likeness (QED) is 0.591. The lowest BCUT2D eigenvalue weighted by atomic mass is 9.86. The number of alkyl halides is 1. The summed E-state index contributed by atoms with van der Waals surface area (Å²) in [7, 11) is 0. The van der Waals surface area contributed by atoms with Crippen molar-refractivity contribution in [3.05, 3.63) is 33.4 Å². The molecule has 0 amide bonds. The van der Waals surface area contributed by atoms with E-state index in [0.717, 1.165) is 6.42 Å². The van der Waals surface area contributed by atoms with Gasteiger partial charge < -0.3 is 0 Å². The van der Waals surface area contributed by atoms with Crippen LogP contribution in [0.15, 0.2) is 0 Å². The summed E-state index contributed by atoms with van der Waals surface area (Å²) in [5, 5.41) is 0.151. The van der Waals surface area contributed by atoms with Crippen molar-refractivity contribution >= 4 is 11.6 Å². The highest BCUT2D eigenvalue weighted by atomic mass is 35.5. The van der Waals surface area contributed by atoms with E-state index in [1.165, 1.54) is 39.8 Å². The highest BCUT2D eigenvalue weighted by Crippen LogP contribution is 2.37. The van der Waals surface area contributed by atoms with Gasteiger partial charge >= 0.3 is 0 Å². The van der Waals surface area contributed by atoms with Gasteiger partial charge in [-0.3, -0.25) is 0 Å². The second-order valence-corrected chi connectivity index (χ2v) is 6.28. The van der Waals surface area contributed by atoms with Crippen molar-refractivity contribution < 1.29 is 0 Å². The molecule has 0 aliphatic heterocycles. The van der Waals surface area contributed by atoms with Gasteiger partial charge in [0, 0.05) is 0 Å². The van der Waals surface area contributed by atoms with Gasteiger partial charge in [-0.25, -0.2) is 0 Å². The maximum absolute atomic E-state index is 6.69. The van der Waals surface area contributed by atoms with Gasteiger partial charge in [-0.2, -0.15) is 0 Å². The molecule has 102 valence electrons. The van der Waals surface area contributed by atoms with Gasteiger partial charge in [0.1, 0.15) is 0 Å². The molecular formula is C17H27Cl. The smallest absolute Gasteiger partial charge is 0.0593 e. The highest BCUT2D eigenvalue weighted by Gasteiger charge is 2.19. The van der Waals surface area contributed by atoms with Crippen molar-refractivity contribution in [3.8, 4) is 0 Å². The maximum Gasteiger partial charge on any atom is 0.0593 e. The molecule has 0 bridgehead atoms. The lowest BCUT2D eigenvalue weighted by Crippen LogP contribution is -2.07. The number of benzene rings is 1. The van der Waals surface area contributed by atoms with Gasteiger partial charge in [0.25, 0.3) is 0 Å². The van der Waals surface area contributed by atoms with Crippen molar-refractivity contribution in [1.82, 2.24) is 0 Å². The van der Waals surface area contributed by atoms with E-state index in [1.807, 2.05) is 0 Å². The standard InChI is InChI=1S/C17H27Cl/c1-8-10(2)9-16(18)17-14(6)12(4)11(3)13(5)15(17)7/h10,16H,8-9H2,1-7H3. The lowest BCUT2D eigenvalue weighted by molar-refractivity contribution is 0.506. The number of rotatable bonds is 4. The zero-order chi connectivity index (χ0) is 14.0. The molecule has 0 nitrogen and oxygen atoms in total. The van der Waals surface area contributed by atoms with Crippen LogP contribution < -0.4 is 0 Å². The van der Waals surface area contributed by atoms with Crippen LogP contribution in [-0.2, 0) is 0 Å². The van der Waals surface area contributed by atoms with E-state index in [-0.39, 0.29) is 5.38 Å². The predicted molar refractivity (Wildman–Crippen MR) is 82.8 cm³/mol. The van der Waals surface area contributed by atoms with Gasteiger partial charge in [-0.1, -0.05) is 20.3 Å². The highest BCUT2D eigenvalue weighted by molar-refractivity contribution is 6.21. The van der Waals surface area contributed by atoms with Crippen molar-refractivity contribution in [3.63, 3.8) is 0 Å². The monoisotopic (exact) mass is 266 g/mol. The Morgan fingerprint density at radius 3 is 1.61 bits per heavy atom. The average molecular weight is 267 g/mol. The van der Waals surface area contributed by atoms with Gasteiger partial charge in [-0.05, 0) is 80.3 Å². The van der Waals surface area contributed by atoms with Gasteiger partial charge in [0.05, 0.1) is 5.38 Å². The summed E-state index contributed by atoms with van der Waals surface area (Å²) in [5.41, 5.74) is 8.38. The van der Waals surface area contributed by atoms with Crippen molar-refractivity contribution in [2.45, 2.75) is 66.7 Å². The summed E-state index contributed by atoms with van der Waals surface area (Å²) in [6.45, 7) is 15.6. The van der Waals surface area contributed by atoms with E-state index >= 15 is 0 Å². The molecule has 0 aliphatic carbocycles. The Kier molecular flexibility index (Phi) is 5.28. The molecule has 0 aromatic heterocycles. The Hall–Kier alpha value is -0.490. The van der Waals surface area contributed by atoms with Crippen LogP contribution >= 0.6 is 11.6 Å². The Morgan fingerprint density at radius 1 is 0.833 bits per heavy atom. The normalized spacial score (nSPS) is 14.7. The minimum atomic E-state index is 0.151. The number of halogens is 1. The number of hydrogen-bond acceptors (Lipinski definition) is 0. The molecule has 1 rings (SSSR count). The van der Waals surface area contributed by atoms with Crippen LogP contribution in [0.25, 0.3) is 0 Å². The lowest BCUT2D eigenvalue weighted by Gasteiger charge is -2.23. The fourth-order valence-electron chi connectivity index (χ4n) is 2.64. The van der Waals surface area contributed by atoms with Crippen molar-refractivity contribution in [2.24, 2.45) is 5.92 Å². The van der Waals surface area contributed by atoms with Crippen LogP contribution in [0.3, 0.4) is 0 Å². The molecule has 0 radical (unpaired) electrons. The van der Waals surface area contributed by atoms with E-state index in [4.69, 9.17) is 11.6 Å². The fraction of sp³-hybridized carbons (Fsp3) is 0.647. The zero-order valence-corrected chi connectivity index (χ0v) is 13.7. The van der Waals surface area contributed by atoms with E-state index in [9.17, 15) is 0 Å². The molecule has 2 atom stereocenters. The molecular weight excluding hydrogens is 240 g/mol. The van der Waals surface area contributed by atoms with Gasteiger partial charge in [-0.15, -0.1) is 11.6 Å². The second-order valence-electron chi connectivity index (χ2n) is 5.76. The third-order valence-electron chi connectivity index (χ3n) is 4.68. The summed E-state index contributed by atoms with van der Waals surface area (Å²) < 4.78 is 0. The van der Waals surface area contributed by atoms with Crippen LogP contribution in [0, 0.1) is 40.5 Å². The Balaban J connectivity index is 3.24. The Labute approximate surface area is 118 Å². The van der Waals surface area contributed by atoms with Crippen LogP contribution in [0.5, 0.6) is 0 Å². The third kappa shape index (κ3) is 2.91. The molecule has 0 aliphatic rings. The predicted octanol–water partition coefficient (Wildman–Crippen LogP) is 5.94. The summed E-state index contributed by atoms with van der Waals surface area (Å²) in [6, 6.07) is 0. The molecule has 0 spiro atoms. The Morgan fingerprint density at radius 2 is 1.22 bits per heavy atom. The van der Waals surface area contributed by atoms with Crippen LogP contribution in [0.2, 0.25) is 0 Å². The first-order valence-corrected chi connectivity index (χ1v) is 7.45. The Bertz CT molecular complexity index is 403. The average Bonchev–Trinajstić information content (AvgIpc) is 2.34. The number of hydrogen-bond donors (Lipinski definition) is 0. The summed E-state index contributed by atoms with van der Waals surface area (Å²) in [4.78, 5) is 0. The molecule has 0 fully saturated rings. The summed E-state index contributed by atoms with van der Waals surface area (Å²) in [5.74, 6) is 0.688. The first-order valence-electron chi connectivity index (χ1n) is 7.02.